The molecule has 4 aromatic heterocycles. The first-order valence-corrected chi connectivity index (χ1v) is 23.3. The van der Waals surface area contributed by atoms with Crippen LogP contribution in [-0.4, -0.2) is 9.13 Å². The van der Waals surface area contributed by atoms with Gasteiger partial charge in [-0.05, 0) is 88.5 Å². The number of aromatic nitrogens is 2. The second-order valence-electron chi connectivity index (χ2n) is 16.5. The van der Waals surface area contributed by atoms with Crippen LogP contribution in [0.15, 0.2) is 219 Å². The summed E-state index contributed by atoms with van der Waals surface area (Å²) in [6.45, 7) is 4.09. The van der Waals surface area contributed by atoms with E-state index in [1.165, 1.54) is 106 Å². The van der Waals surface area contributed by atoms with Crippen LogP contribution in [-0.2, 0) is 0 Å². The van der Waals surface area contributed by atoms with E-state index in [-0.39, 0.29) is 0 Å². The highest BCUT2D eigenvalue weighted by Gasteiger charge is 2.19. The summed E-state index contributed by atoms with van der Waals surface area (Å²) in [4.78, 5) is 0. The Morgan fingerprint density at radius 1 is 0.422 bits per heavy atom. The highest BCUT2D eigenvalue weighted by atomic mass is 32.1. The van der Waals surface area contributed by atoms with E-state index in [4.69, 9.17) is 0 Å². The molecule has 0 unspecified atom stereocenters. The van der Waals surface area contributed by atoms with Crippen molar-refractivity contribution in [1.82, 2.24) is 9.13 Å². The Kier molecular flexibility index (Phi) is 8.45. The summed E-state index contributed by atoms with van der Waals surface area (Å²) in [6.07, 6.45) is 8.44. The molecule has 0 radical (unpaired) electrons. The van der Waals surface area contributed by atoms with E-state index in [1.54, 1.807) is 0 Å². The van der Waals surface area contributed by atoms with Crippen molar-refractivity contribution in [3.63, 3.8) is 0 Å². The summed E-state index contributed by atoms with van der Waals surface area (Å²) in [5, 5.41) is 10.4. The zero-order chi connectivity index (χ0) is 42.3. The van der Waals surface area contributed by atoms with Gasteiger partial charge < -0.3 is 9.13 Å². The number of rotatable bonds is 7. The van der Waals surface area contributed by atoms with E-state index in [0.29, 0.717) is 0 Å². The third-order valence-corrected chi connectivity index (χ3v) is 15.3. The molecular weight excluding hydrogens is 813 g/mol. The Hall–Kier alpha value is -7.76. The van der Waals surface area contributed by atoms with Gasteiger partial charge in [0.25, 0.3) is 0 Å². The predicted molar refractivity (Wildman–Crippen MR) is 280 cm³/mol. The minimum absolute atomic E-state index is 1.11. The molecule has 64 heavy (non-hydrogen) atoms. The minimum Gasteiger partial charge on any atom is -0.309 e. The van der Waals surface area contributed by atoms with E-state index in [2.05, 4.69) is 228 Å². The average Bonchev–Trinajstić information content (AvgIpc) is 4.10. The first-order valence-electron chi connectivity index (χ1n) is 21.7. The monoisotopic (exact) mass is 850 g/mol. The van der Waals surface area contributed by atoms with Crippen molar-refractivity contribution in [2.75, 3.05) is 0 Å². The number of hydrogen-bond acceptors (Lipinski definition) is 2. The zero-order valence-electron chi connectivity index (χ0n) is 34.7. The van der Waals surface area contributed by atoms with Crippen LogP contribution in [0.3, 0.4) is 0 Å². The van der Waals surface area contributed by atoms with Crippen LogP contribution in [0.1, 0.15) is 11.1 Å². The topological polar surface area (TPSA) is 9.86 Å². The lowest BCUT2D eigenvalue weighted by Crippen LogP contribution is -1.94. The molecule has 0 aliphatic carbocycles. The number of allylic oxidation sites excluding steroid dienone is 4. The molecule has 2 nitrogen and oxygen atoms in total. The van der Waals surface area contributed by atoms with Crippen LogP contribution in [0, 0.1) is 0 Å². The molecule has 9 aromatic carbocycles. The first-order chi connectivity index (χ1) is 31.7. The van der Waals surface area contributed by atoms with Gasteiger partial charge in [-0.3, -0.25) is 0 Å². The van der Waals surface area contributed by atoms with Gasteiger partial charge in [-0.15, -0.1) is 22.7 Å². The molecule has 0 bridgehead atoms. The second-order valence-corrected chi connectivity index (χ2v) is 18.6. The van der Waals surface area contributed by atoms with Crippen molar-refractivity contribution >= 4 is 118 Å². The van der Waals surface area contributed by atoms with Gasteiger partial charge in [-0.1, -0.05) is 164 Å². The maximum atomic E-state index is 4.09. The lowest BCUT2D eigenvalue weighted by atomic mass is 10.0. The van der Waals surface area contributed by atoms with E-state index >= 15 is 0 Å². The van der Waals surface area contributed by atoms with Crippen LogP contribution >= 0.6 is 22.7 Å². The molecule has 300 valence electrons. The van der Waals surface area contributed by atoms with Crippen molar-refractivity contribution in [1.29, 1.82) is 0 Å². The fourth-order valence-corrected chi connectivity index (χ4v) is 12.6. The van der Waals surface area contributed by atoms with Crippen molar-refractivity contribution in [3.05, 3.63) is 230 Å². The summed E-state index contributed by atoms with van der Waals surface area (Å²) >= 11 is 3.79. The molecule has 13 rings (SSSR count). The number of para-hydroxylation sites is 2. The number of thiophene rings is 2. The Morgan fingerprint density at radius 3 is 1.70 bits per heavy atom. The molecule has 0 N–H and O–H groups in total. The van der Waals surface area contributed by atoms with Crippen LogP contribution in [0.4, 0.5) is 0 Å². The summed E-state index contributed by atoms with van der Waals surface area (Å²) in [7, 11) is 0. The molecule has 0 amide bonds. The van der Waals surface area contributed by atoms with Gasteiger partial charge >= 0.3 is 0 Å². The van der Waals surface area contributed by atoms with Gasteiger partial charge in [0, 0.05) is 73.3 Å². The van der Waals surface area contributed by atoms with Gasteiger partial charge in [0.15, 0.2) is 0 Å². The normalized spacial score (nSPS) is 12.5. The van der Waals surface area contributed by atoms with Gasteiger partial charge in [-0.2, -0.15) is 0 Å². The third kappa shape index (κ3) is 5.70. The molecule has 0 spiro atoms. The maximum absolute atomic E-state index is 4.09. The van der Waals surface area contributed by atoms with Crippen molar-refractivity contribution in [3.8, 4) is 22.5 Å². The Morgan fingerprint density at radius 2 is 1.00 bits per heavy atom. The van der Waals surface area contributed by atoms with Crippen molar-refractivity contribution in [2.45, 2.75) is 0 Å². The van der Waals surface area contributed by atoms with Crippen molar-refractivity contribution in [2.24, 2.45) is 0 Å². The maximum Gasteiger partial charge on any atom is 0.0555 e. The molecule has 4 heterocycles. The van der Waals surface area contributed by atoms with Gasteiger partial charge in [-0.25, -0.2) is 0 Å². The van der Waals surface area contributed by atoms with E-state index in [0.717, 1.165) is 16.8 Å². The standard InChI is InChI=1S/C60H38N2S2/c1-2-13-39(41-27-29-43(30-28-41)61-51-21-9-6-19-49(51)57-53(61)34-32-47-45-18-8-11-23-55(45)63-59(47)57)26-24-38-25-31-46-48-33-35-54-58(60(48)64-56(46)36-38)50-20-7-10-22-52(50)62(54)44-17-12-16-42(37-44)40-14-4-3-5-15-40/h2-37H,1H2. The molecule has 0 aliphatic heterocycles. The molecule has 4 heteroatoms. The lowest BCUT2D eigenvalue weighted by molar-refractivity contribution is 1.18. The minimum atomic E-state index is 1.11. The number of fused-ring (bicyclic) bond motifs is 14. The molecule has 0 saturated heterocycles. The predicted octanol–water partition coefficient (Wildman–Crippen LogP) is 17.6. The molecule has 0 atom stereocenters. The summed E-state index contributed by atoms with van der Waals surface area (Å²) < 4.78 is 10.1. The Balaban J connectivity index is 0.859. The van der Waals surface area contributed by atoms with E-state index < -0.39 is 0 Å². The lowest BCUT2D eigenvalue weighted by Gasteiger charge is -2.10. The first kappa shape index (κ1) is 36.9. The van der Waals surface area contributed by atoms with Crippen LogP contribution in [0.5, 0.6) is 0 Å². The Labute approximate surface area is 377 Å². The van der Waals surface area contributed by atoms with Gasteiger partial charge in [0.1, 0.15) is 0 Å². The van der Waals surface area contributed by atoms with Gasteiger partial charge in [0.05, 0.1) is 22.1 Å². The van der Waals surface area contributed by atoms with Crippen LogP contribution < -0.4 is 0 Å². The Bertz CT molecular complexity index is 4080. The zero-order valence-corrected chi connectivity index (χ0v) is 36.3. The van der Waals surface area contributed by atoms with E-state index in [1.807, 2.05) is 28.7 Å². The second kappa shape index (κ2) is 14.7. The molecule has 0 fully saturated rings. The average molecular weight is 851 g/mol. The molecule has 13 aromatic rings. The number of hydrogen-bond donors (Lipinski definition) is 0. The summed E-state index contributed by atoms with van der Waals surface area (Å²) in [5.41, 5.74) is 13.0. The quantitative estimate of drug-likeness (QED) is 0.141. The van der Waals surface area contributed by atoms with Crippen LogP contribution in [0.25, 0.3) is 118 Å². The highest BCUT2D eigenvalue weighted by molar-refractivity contribution is 7.27. The molecule has 0 aliphatic rings. The largest absolute Gasteiger partial charge is 0.309 e. The smallest absolute Gasteiger partial charge is 0.0555 e. The number of nitrogens with zero attached hydrogens (tertiary/aromatic N) is 2. The van der Waals surface area contributed by atoms with Crippen molar-refractivity contribution < 1.29 is 0 Å². The van der Waals surface area contributed by atoms with Crippen LogP contribution in [0.2, 0.25) is 0 Å². The van der Waals surface area contributed by atoms with Gasteiger partial charge in [0.2, 0.25) is 0 Å². The summed E-state index contributed by atoms with van der Waals surface area (Å²) in [6, 6.07) is 71.1. The fraction of sp³-hybridized carbons (Fsp3) is 0. The highest BCUT2D eigenvalue weighted by Crippen LogP contribution is 2.45. The molecular formula is C60H38N2S2. The number of benzene rings is 9. The SMILES string of the molecule is C=CC=C(C=Cc1ccc2c(c1)sc1c2ccc2c1c1ccccc1n2-c1cccc(-c2ccccc2)c1)c1ccc(-n2c3ccccc3c3c4sc5ccccc5c4ccc32)cc1. The summed E-state index contributed by atoms with van der Waals surface area (Å²) in [5.74, 6) is 0. The third-order valence-electron chi connectivity index (χ3n) is 12.9. The molecule has 0 saturated carbocycles. The fourth-order valence-electron chi connectivity index (χ4n) is 10.0. The van der Waals surface area contributed by atoms with E-state index in [9.17, 15) is 0 Å².